The number of amides is 1. The highest BCUT2D eigenvalue weighted by Crippen LogP contribution is 2.03. The Morgan fingerprint density at radius 3 is 2.35 bits per heavy atom. The van der Waals surface area contributed by atoms with Crippen molar-refractivity contribution >= 4 is 23.6 Å². The van der Waals surface area contributed by atoms with Crippen LogP contribution in [0.1, 0.15) is 12.0 Å². The van der Waals surface area contributed by atoms with Crippen LogP contribution in [0.4, 0.5) is 0 Å². The monoisotopic (exact) mass is 317 g/mol. The number of hydrogen-bond donors (Lipinski definition) is 1. The summed E-state index contributed by atoms with van der Waals surface area (Å²) >= 11 is 0. The van der Waals surface area contributed by atoms with Crippen molar-refractivity contribution in [2.45, 2.75) is 19.1 Å². The van der Waals surface area contributed by atoms with Crippen LogP contribution in [-0.4, -0.2) is 36.3 Å². The van der Waals surface area contributed by atoms with E-state index in [1.165, 1.54) is 0 Å². The number of esters is 2. The number of ketones is 1. The average Bonchev–Trinajstić information content (AvgIpc) is 2.87. The van der Waals surface area contributed by atoms with Gasteiger partial charge in [-0.15, -0.1) is 0 Å². The minimum atomic E-state index is -0.815. The Kier molecular flexibility index (Phi) is 5.62. The smallest absolute Gasteiger partial charge is 0.331 e. The SMILES string of the molecule is O=C1CC(=O)C(COC(=O)/C=C/C(=O)OCc2ccccc2)N1. The highest BCUT2D eigenvalue weighted by Gasteiger charge is 2.30. The zero-order valence-corrected chi connectivity index (χ0v) is 12.2. The number of ether oxygens (including phenoxy) is 2. The molecule has 0 spiro atoms. The fourth-order valence-electron chi connectivity index (χ4n) is 1.87. The highest BCUT2D eigenvalue weighted by atomic mass is 16.5. The molecule has 7 nitrogen and oxygen atoms in total. The van der Waals surface area contributed by atoms with Gasteiger partial charge in [-0.2, -0.15) is 0 Å². The second-order valence-electron chi connectivity index (χ2n) is 4.82. The van der Waals surface area contributed by atoms with E-state index in [9.17, 15) is 19.2 Å². The van der Waals surface area contributed by atoms with Crippen molar-refractivity contribution < 1.29 is 28.7 Å². The van der Waals surface area contributed by atoms with E-state index in [-0.39, 0.29) is 25.4 Å². The Morgan fingerprint density at radius 1 is 1.09 bits per heavy atom. The number of carbonyl (C=O) groups excluding carboxylic acids is 4. The molecule has 0 aliphatic carbocycles. The number of benzene rings is 1. The molecule has 1 aliphatic rings. The zero-order valence-electron chi connectivity index (χ0n) is 12.2. The van der Waals surface area contributed by atoms with Crippen LogP contribution >= 0.6 is 0 Å². The summed E-state index contributed by atoms with van der Waals surface area (Å²) in [6.07, 6.45) is 1.65. The van der Waals surface area contributed by atoms with Gasteiger partial charge in [0.1, 0.15) is 19.3 Å². The summed E-state index contributed by atoms with van der Waals surface area (Å²) in [5, 5.41) is 2.38. The van der Waals surface area contributed by atoms with E-state index >= 15 is 0 Å². The molecule has 2 rings (SSSR count). The van der Waals surface area contributed by atoms with E-state index in [0.717, 1.165) is 17.7 Å². The van der Waals surface area contributed by atoms with E-state index in [1.54, 1.807) is 12.1 Å². The lowest BCUT2D eigenvalue weighted by molar-refractivity contribution is -0.142. The highest BCUT2D eigenvalue weighted by molar-refractivity contribution is 6.07. The third-order valence-corrected chi connectivity index (χ3v) is 3.03. The molecule has 0 aromatic heterocycles. The van der Waals surface area contributed by atoms with Crippen molar-refractivity contribution in [3.05, 3.63) is 48.0 Å². The minimum Gasteiger partial charge on any atom is -0.460 e. The van der Waals surface area contributed by atoms with Gasteiger partial charge in [0.25, 0.3) is 0 Å². The van der Waals surface area contributed by atoms with Gasteiger partial charge >= 0.3 is 11.9 Å². The van der Waals surface area contributed by atoms with Crippen molar-refractivity contribution in [3.63, 3.8) is 0 Å². The van der Waals surface area contributed by atoms with Gasteiger partial charge in [-0.05, 0) is 5.56 Å². The van der Waals surface area contributed by atoms with Crippen molar-refractivity contribution in [3.8, 4) is 0 Å². The number of Topliss-reactive ketones (excluding diaryl/α,β-unsaturated/α-hetero) is 1. The molecule has 1 amide bonds. The van der Waals surface area contributed by atoms with Crippen LogP contribution < -0.4 is 5.32 Å². The van der Waals surface area contributed by atoms with Gasteiger partial charge in [0.2, 0.25) is 5.91 Å². The first-order valence-corrected chi connectivity index (χ1v) is 6.92. The number of hydrogen-bond acceptors (Lipinski definition) is 6. The zero-order chi connectivity index (χ0) is 16.7. The van der Waals surface area contributed by atoms with Crippen LogP contribution in [0.15, 0.2) is 42.5 Å². The van der Waals surface area contributed by atoms with Crippen molar-refractivity contribution in [2.75, 3.05) is 6.61 Å². The van der Waals surface area contributed by atoms with Gasteiger partial charge in [-0.1, -0.05) is 30.3 Å². The summed E-state index contributed by atoms with van der Waals surface area (Å²) in [6.45, 7) is -0.158. The second kappa shape index (κ2) is 7.88. The maximum atomic E-state index is 11.4. The van der Waals surface area contributed by atoms with E-state index < -0.39 is 23.9 Å². The van der Waals surface area contributed by atoms with Crippen molar-refractivity contribution in [1.29, 1.82) is 0 Å². The van der Waals surface area contributed by atoms with Gasteiger partial charge in [0.05, 0.1) is 6.42 Å². The summed E-state index contributed by atoms with van der Waals surface area (Å²) < 4.78 is 9.73. The number of carbonyl (C=O) groups is 4. The Labute approximate surface area is 132 Å². The van der Waals surface area contributed by atoms with Crippen LogP contribution in [0.25, 0.3) is 0 Å². The van der Waals surface area contributed by atoms with E-state index in [1.807, 2.05) is 18.2 Å². The van der Waals surface area contributed by atoms with Crippen LogP contribution in [-0.2, 0) is 35.3 Å². The molecular formula is C16H15NO6. The lowest BCUT2D eigenvalue weighted by atomic mass is 10.2. The summed E-state index contributed by atoms with van der Waals surface area (Å²) in [6, 6.07) is 8.28. The molecule has 1 aliphatic heterocycles. The minimum absolute atomic E-state index is 0.0989. The average molecular weight is 317 g/mol. The standard InChI is InChI=1S/C16H15NO6/c18-13-8-14(19)17-12(13)10-23-16(21)7-6-15(20)22-9-11-4-2-1-3-5-11/h1-7,12H,8-10H2,(H,17,19)/b7-6+. The molecule has 1 fully saturated rings. The first-order valence-electron chi connectivity index (χ1n) is 6.92. The molecule has 0 radical (unpaired) electrons. The van der Waals surface area contributed by atoms with Gasteiger partial charge < -0.3 is 14.8 Å². The molecule has 0 bridgehead atoms. The van der Waals surface area contributed by atoms with Crippen molar-refractivity contribution in [1.82, 2.24) is 5.32 Å². The summed E-state index contributed by atoms with van der Waals surface area (Å²) in [5.74, 6) is -2.20. The van der Waals surface area contributed by atoms with E-state index in [0.29, 0.717) is 0 Å². The van der Waals surface area contributed by atoms with Crippen LogP contribution in [0, 0.1) is 0 Å². The predicted molar refractivity (Wildman–Crippen MR) is 77.9 cm³/mol. The third kappa shape index (κ3) is 5.39. The molecule has 1 atom stereocenters. The van der Waals surface area contributed by atoms with Gasteiger partial charge in [-0.3, -0.25) is 9.59 Å². The molecule has 1 aromatic carbocycles. The largest absolute Gasteiger partial charge is 0.460 e. The molecule has 1 aromatic rings. The van der Waals surface area contributed by atoms with Crippen LogP contribution in [0.2, 0.25) is 0 Å². The molecule has 7 heteroatoms. The van der Waals surface area contributed by atoms with Gasteiger partial charge in [-0.25, -0.2) is 9.59 Å². The normalized spacial score (nSPS) is 17.1. The quantitative estimate of drug-likeness (QED) is 0.460. The Morgan fingerprint density at radius 2 is 1.74 bits per heavy atom. The molecule has 23 heavy (non-hydrogen) atoms. The fourth-order valence-corrected chi connectivity index (χ4v) is 1.87. The fraction of sp³-hybridized carbons (Fsp3) is 0.250. The maximum absolute atomic E-state index is 11.4. The second-order valence-corrected chi connectivity index (χ2v) is 4.82. The molecular weight excluding hydrogens is 302 g/mol. The molecule has 1 unspecified atom stereocenters. The Hall–Kier alpha value is -2.96. The number of rotatable bonds is 6. The third-order valence-electron chi connectivity index (χ3n) is 3.03. The maximum Gasteiger partial charge on any atom is 0.331 e. The predicted octanol–water partition coefficient (Wildman–Crippen LogP) is 0.287. The van der Waals surface area contributed by atoms with E-state index in [4.69, 9.17) is 9.47 Å². The van der Waals surface area contributed by atoms with Gasteiger partial charge in [0, 0.05) is 12.2 Å². The van der Waals surface area contributed by atoms with E-state index in [2.05, 4.69) is 5.32 Å². The number of nitrogens with one attached hydrogen (secondary N) is 1. The molecule has 1 heterocycles. The lowest BCUT2D eigenvalue weighted by Gasteiger charge is -2.07. The summed E-state index contributed by atoms with van der Waals surface area (Å²) in [7, 11) is 0. The molecule has 0 saturated carbocycles. The Bertz CT molecular complexity index is 637. The first-order chi connectivity index (χ1) is 11.0. The molecule has 1 saturated heterocycles. The summed E-state index contributed by atoms with van der Waals surface area (Å²) in [5.41, 5.74) is 0.826. The Balaban J connectivity index is 1.69. The summed E-state index contributed by atoms with van der Waals surface area (Å²) in [4.78, 5) is 45.2. The van der Waals surface area contributed by atoms with Crippen LogP contribution in [0.3, 0.4) is 0 Å². The van der Waals surface area contributed by atoms with Crippen LogP contribution in [0.5, 0.6) is 0 Å². The first kappa shape index (κ1) is 16.4. The molecule has 1 N–H and O–H groups in total. The lowest BCUT2D eigenvalue weighted by Crippen LogP contribution is -2.34. The van der Waals surface area contributed by atoms with Crippen molar-refractivity contribution in [2.24, 2.45) is 0 Å². The topological polar surface area (TPSA) is 98.8 Å². The molecule has 120 valence electrons. The van der Waals surface area contributed by atoms with Gasteiger partial charge in [0.15, 0.2) is 5.78 Å².